The lowest BCUT2D eigenvalue weighted by Gasteiger charge is -2.23. The van der Waals surface area contributed by atoms with Gasteiger partial charge in [0.25, 0.3) is 0 Å². The van der Waals surface area contributed by atoms with Crippen LogP contribution in [0.2, 0.25) is 19.6 Å². The molecular weight excluding hydrogens is 320 g/mol. The van der Waals surface area contributed by atoms with Gasteiger partial charge in [0.05, 0.1) is 21.6 Å². The van der Waals surface area contributed by atoms with E-state index in [-0.39, 0.29) is 11.2 Å². The molecule has 0 aliphatic carbocycles. The molecule has 122 valence electrons. The number of methoxy groups -OCH3 is 1. The van der Waals surface area contributed by atoms with E-state index < -0.39 is 8.07 Å². The maximum Gasteiger partial charge on any atom is 0.306 e. The molecule has 23 heavy (non-hydrogen) atoms. The molecular formula is C19H24O2SSi. The van der Waals surface area contributed by atoms with Gasteiger partial charge in [-0.3, -0.25) is 4.79 Å². The number of ether oxygens (including phenoxy) is 1. The molecule has 2 aromatic rings. The van der Waals surface area contributed by atoms with Crippen LogP contribution in [-0.4, -0.2) is 21.2 Å². The second-order valence-corrected chi connectivity index (χ2v) is 12.8. The molecule has 0 radical (unpaired) electrons. The maximum atomic E-state index is 11.8. The van der Waals surface area contributed by atoms with Crippen molar-refractivity contribution in [3.63, 3.8) is 0 Å². The molecule has 0 aromatic heterocycles. The first kappa shape index (κ1) is 17.8. The van der Waals surface area contributed by atoms with Crippen LogP contribution < -0.4 is 5.19 Å². The lowest BCUT2D eigenvalue weighted by atomic mass is 10.1. The number of rotatable bonds is 6. The van der Waals surface area contributed by atoms with Gasteiger partial charge in [-0.05, 0) is 16.8 Å². The fourth-order valence-electron chi connectivity index (χ4n) is 2.47. The van der Waals surface area contributed by atoms with Gasteiger partial charge in [-0.2, -0.15) is 0 Å². The van der Waals surface area contributed by atoms with E-state index in [0.29, 0.717) is 6.42 Å². The normalized spacial score (nSPS) is 12.7. The van der Waals surface area contributed by atoms with Crippen LogP contribution in [0.4, 0.5) is 0 Å². The van der Waals surface area contributed by atoms with Crippen LogP contribution in [0, 0.1) is 0 Å². The van der Waals surface area contributed by atoms with E-state index in [4.69, 9.17) is 4.74 Å². The zero-order valence-corrected chi connectivity index (χ0v) is 16.0. The molecule has 0 fully saturated rings. The average Bonchev–Trinajstić information content (AvgIpc) is 2.54. The molecule has 0 saturated heterocycles. The van der Waals surface area contributed by atoms with Crippen molar-refractivity contribution in [1.82, 2.24) is 0 Å². The highest BCUT2D eigenvalue weighted by Gasteiger charge is 2.24. The molecule has 0 spiro atoms. The third-order valence-corrected chi connectivity index (χ3v) is 7.28. The molecule has 2 aromatic carbocycles. The number of thioether (sulfide) groups is 1. The number of carbonyl (C=O) groups is 1. The Morgan fingerprint density at radius 1 is 1.04 bits per heavy atom. The van der Waals surface area contributed by atoms with E-state index in [9.17, 15) is 4.79 Å². The summed E-state index contributed by atoms with van der Waals surface area (Å²) in [5, 5.41) is 1.51. The third kappa shape index (κ3) is 4.98. The molecule has 0 aliphatic heterocycles. The van der Waals surface area contributed by atoms with Crippen molar-refractivity contribution in [3.05, 3.63) is 60.2 Å². The SMILES string of the molecule is COC(=O)C[C@@H](Sc1ccccc1[Si](C)(C)C)c1ccccc1. The van der Waals surface area contributed by atoms with E-state index in [0.717, 1.165) is 5.56 Å². The van der Waals surface area contributed by atoms with E-state index >= 15 is 0 Å². The highest BCUT2D eigenvalue weighted by Crippen LogP contribution is 2.37. The van der Waals surface area contributed by atoms with Crippen LogP contribution in [0.1, 0.15) is 17.2 Å². The van der Waals surface area contributed by atoms with Gasteiger partial charge in [0.15, 0.2) is 0 Å². The fraction of sp³-hybridized carbons (Fsp3) is 0.316. The summed E-state index contributed by atoms with van der Waals surface area (Å²) in [6.45, 7) is 7.05. The summed E-state index contributed by atoms with van der Waals surface area (Å²) in [6.07, 6.45) is 0.380. The fourth-order valence-corrected chi connectivity index (χ4v) is 6.16. The molecule has 0 unspecified atom stereocenters. The highest BCUT2D eigenvalue weighted by molar-refractivity contribution is 7.99. The van der Waals surface area contributed by atoms with Crippen LogP contribution in [-0.2, 0) is 9.53 Å². The second-order valence-electron chi connectivity index (χ2n) is 6.54. The Hall–Kier alpha value is -1.52. The minimum Gasteiger partial charge on any atom is -0.469 e. The Morgan fingerprint density at radius 3 is 2.26 bits per heavy atom. The lowest BCUT2D eigenvalue weighted by Crippen LogP contribution is -2.38. The van der Waals surface area contributed by atoms with E-state index in [2.05, 4.69) is 56.0 Å². The van der Waals surface area contributed by atoms with Gasteiger partial charge in [0.1, 0.15) is 0 Å². The molecule has 0 saturated carbocycles. The van der Waals surface area contributed by atoms with Gasteiger partial charge < -0.3 is 4.74 Å². The summed E-state index contributed by atoms with van der Waals surface area (Å²) in [5.74, 6) is -0.170. The highest BCUT2D eigenvalue weighted by atomic mass is 32.2. The smallest absolute Gasteiger partial charge is 0.306 e. The largest absolute Gasteiger partial charge is 0.469 e. The Labute approximate surface area is 144 Å². The van der Waals surface area contributed by atoms with Crippen molar-refractivity contribution in [2.75, 3.05) is 7.11 Å². The van der Waals surface area contributed by atoms with Gasteiger partial charge in [-0.1, -0.05) is 68.2 Å². The molecule has 0 bridgehead atoms. The Balaban J connectivity index is 2.34. The molecule has 2 rings (SSSR count). The lowest BCUT2D eigenvalue weighted by molar-refractivity contribution is -0.140. The van der Waals surface area contributed by atoms with Gasteiger partial charge in [-0.15, -0.1) is 11.8 Å². The number of esters is 1. The first-order valence-corrected chi connectivity index (χ1v) is 12.2. The van der Waals surface area contributed by atoms with Gasteiger partial charge in [0, 0.05) is 10.1 Å². The predicted octanol–water partition coefficient (Wildman–Crippen LogP) is 4.63. The zero-order valence-electron chi connectivity index (χ0n) is 14.2. The first-order chi connectivity index (χ1) is 10.9. The second kappa shape index (κ2) is 7.84. The molecule has 4 heteroatoms. The molecule has 2 nitrogen and oxygen atoms in total. The van der Waals surface area contributed by atoms with Crippen molar-refractivity contribution in [1.29, 1.82) is 0 Å². The number of hydrogen-bond donors (Lipinski definition) is 0. The van der Waals surface area contributed by atoms with Crippen molar-refractivity contribution in [2.45, 2.75) is 36.2 Å². The van der Waals surface area contributed by atoms with Crippen molar-refractivity contribution < 1.29 is 9.53 Å². The minimum atomic E-state index is -1.43. The van der Waals surface area contributed by atoms with E-state index in [1.165, 1.54) is 17.2 Å². The predicted molar refractivity (Wildman–Crippen MR) is 101 cm³/mol. The molecule has 0 aliphatic rings. The van der Waals surface area contributed by atoms with Crippen LogP contribution in [0.3, 0.4) is 0 Å². The topological polar surface area (TPSA) is 26.3 Å². The molecule has 0 amide bonds. The van der Waals surface area contributed by atoms with E-state index in [1.54, 1.807) is 11.8 Å². The monoisotopic (exact) mass is 344 g/mol. The van der Waals surface area contributed by atoms with Crippen molar-refractivity contribution >= 4 is 31.0 Å². The Morgan fingerprint density at radius 2 is 1.65 bits per heavy atom. The summed E-state index contributed by atoms with van der Waals surface area (Å²) >= 11 is 1.77. The summed E-state index contributed by atoms with van der Waals surface area (Å²) in [5.41, 5.74) is 1.16. The van der Waals surface area contributed by atoms with Gasteiger partial charge >= 0.3 is 5.97 Å². The van der Waals surface area contributed by atoms with Crippen LogP contribution in [0.5, 0.6) is 0 Å². The van der Waals surface area contributed by atoms with E-state index in [1.807, 2.05) is 18.2 Å². The molecule has 1 atom stereocenters. The quantitative estimate of drug-likeness (QED) is 0.434. The summed E-state index contributed by atoms with van der Waals surface area (Å²) < 4.78 is 4.89. The number of hydrogen-bond acceptors (Lipinski definition) is 3. The standard InChI is InChI=1S/C19H24O2SSi/c1-21-19(20)14-17(15-10-6-5-7-11-15)22-16-12-8-9-13-18(16)23(2,3)4/h5-13,17H,14H2,1-4H3/t17-/m1/s1. The zero-order chi connectivity index (χ0) is 16.9. The minimum absolute atomic E-state index is 0.0705. The van der Waals surface area contributed by atoms with Gasteiger partial charge in [0.2, 0.25) is 0 Å². The third-order valence-electron chi connectivity index (χ3n) is 3.72. The molecule has 0 N–H and O–H groups in total. The number of carbonyl (C=O) groups excluding carboxylic acids is 1. The summed E-state index contributed by atoms with van der Waals surface area (Å²) in [6, 6.07) is 18.8. The number of benzene rings is 2. The first-order valence-electron chi connectivity index (χ1n) is 7.79. The van der Waals surface area contributed by atoms with Crippen LogP contribution in [0.15, 0.2) is 59.5 Å². The average molecular weight is 345 g/mol. The van der Waals surface area contributed by atoms with Crippen LogP contribution in [0.25, 0.3) is 0 Å². The van der Waals surface area contributed by atoms with Crippen molar-refractivity contribution in [2.24, 2.45) is 0 Å². The van der Waals surface area contributed by atoms with Crippen LogP contribution >= 0.6 is 11.8 Å². The molecule has 0 heterocycles. The maximum absolute atomic E-state index is 11.8. The summed E-state index contributed by atoms with van der Waals surface area (Å²) in [4.78, 5) is 13.1. The van der Waals surface area contributed by atoms with Gasteiger partial charge in [-0.25, -0.2) is 0 Å². The Kier molecular flexibility index (Phi) is 6.08. The Bertz CT molecular complexity index is 650. The summed E-state index contributed by atoms with van der Waals surface area (Å²) in [7, 11) is 0.0185. The van der Waals surface area contributed by atoms with Crippen molar-refractivity contribution in [3.8, 4) is 0 Å².